The van der Waals surface area contributed by atoms with Gasteiger partial charge in [-0.2, -0.15) is 0 Å². The molecule has 0 amide bonds. The second-order valence-electron chi connectivity index (χ2n) is 7.31. The summed E-state index contributed by atoms with van der Waals surface area (Å²) in [6.07, 6.45) is 5.04. The Balaban J connectivity index is 1.92. The van der Waals surface area contributed by atoms with Gasteiger partial charge in [0.1, 0.15) is 13.1 Å². The first-order valence-corrected chi connectivity index (χ1v) is 12.1. The van der Waals surface area contributed by atoms with Crippen LogP contribution in [0.15, 0.2) is 53.8 Å². The van der Waals surface area contributed by atoms with Crippen LogP contribution in [0.5, 0.6) is 0 Å². The van der Waals surface area contributed by atoms with Crippen molar-refractivity contribution < 1.29 is 4.74 Å². The van der Waals surface area contributed by atoms with Crippen molar-refractivity contribution >= 4 is 19.0 Å². The van der Waals surface area contributed by atoms with Crippen molar-refractivity contribution in [2.24, 2.45) is 0 Å². The molecule has 3 aromatic rings. The fraction of sp³-hybridized carbons (Fsp3) is 0.316. The maximum atomic E-state index is 12.9. The fourth-order valence-electron chi connectivity index (χ4n) is 2.60. The van der Waals surface area contributed by atoms with E-state index < -0.39 is 8.07 Å². The molecule has 0 atom stereocenters. The van der Waals surface area contributed by atoms with Crippen molar-refractivity contribution in [3.05, 3.63) is 59.4 Å². The van der Waals surface area contributed by atoms with Gasteiger partial charge in [0.15, 0.2) is 0 Å². The Kier molecular flexibility index (Phi) is 5.10. The van der Waals surface area contributed by atoms with Crippen molar-refractivity contribution in [3.63, 3.8) is 0 Å². The van der Waals surface area contributed by atoms with Crippen molar-refractivity contribution in [2.75, 3.05) is 6.61 Å². The Morgan fingerprint density at radius 2 is 2.00 bits per heavy atom. The zero-order valence-electron chi connectivity index (χ0n) is 14.9. The number of benzene rings is 1. The van der Waals surface area contributed by atoms with Gasteiger partial charge in [0.25, 0.3) is 5.56 Å². The van der Waals surface area contributed by atoms with Gasteiger partial charge in [-0.1, -0.05) is 37.8 Å². The summed E-state index contributed by atoms with van der Waals surface area (Å²) in [5.74, 6) is 0. The van der Waals surface area contributed by atoms with Gasteiger partial charge in [0.2, 0.25) is 0 Å². The molecule has 0 unspecified atom stereocenters. The van der Waals surface area contributed by atoms with Crippen molar-refractivity contribution in [1.29, 1.82) is 0 Å². The van der Waals surface area contributed by atoms with E-state index in [1.807, 2.05) is 30.3 Å². The molecule has 2 aromatic heterocycles. The van der Waals surface area contributed by atoms with Gasteiger partial charge >= 0.3 is 0 Å². The fourth-order valence-corrected chi connectivity index (χ4v) is 3.35. The molecule has 5 nitrogen and oxygen atoms in total. The number of nitrogens with zero attached hydrogens (tertiary/aromatic N) is 3. The van der Waals surface area contributed by atoms with E-state index in [4.69, 9.17) is 4.74 Å². The molecule has 6 heteroatoms. The first-order chi connectivity index (χ1) is 12.0. The van der Waals surface area contributed by atoms with E-state index in [1.165, 1.54) is 4.57 Å². The van der Waals surface area contributed by atoms with Gasteiger partial charge < -0.3 is 4.74 Å². The summed E-state index contributed by atoms with van der Waals surface area (Å²) >= 11 is 0. The Labute approximate surface area is 148 Å². The zero-order valence-corrected chi connectivity index (χ0v) is 15.9. The molecule has 0 radical (unpaired) electrons. The van der Waals surface area contributed by atoms with Crippen LogP contribution in [0.1, 0.15) is 0 Å². The lowest BCUT2D eigenvalue weighted by Crippen LogP contribution is -2.25. The Morgan fingerprint density at radius 3 is 2.72 bits per heavy atom. The second-order valence-corrected chi connectivity index (χ2v) is 12.9. The minimum Gasteiger partial charge on any atom is -0.361 e. The molecule has 0 saturated heterocycles. The molecule has 0 aliphatic carbocycles. The molecule has 3 rings (SSSR count). The Bertz CT molecular complexity index is 917. The van der Waals surface area contributed by atoms with E-state index >= 15 is 0 Å². The number of ether oxygens (including phenoxy) is 1. The first kappa shape index (κ1) is 17.5. The molecule has 0 N–H and O–H groups in total. The summed E-state index contributed by atoms with van der Waals surface area (Å²) in [6, 6.07) is 10.6. The minimum atomic E-state index is -1.14. The maximum Gasteiger partial charge on any atom is 0.263 e. The van der Waals surface area contributed by atoms with Gasteiger partial charge in [0.05, 0.1) is 10.9 Å². The van der Waals surface area contributed by atoms with Crippen LogP contribution in [0.3, 0.4) is 0 Å². The van der Waals surface area contributed by atoms with E-state index in [1.54, 1.807) is 18.7 Å². The summed E-state index contributed by atoms with van der Waals surface area (Å²) in [4.78, 5) is 21.5. The highest BCUT2D eigenvalue weighted by molar-refractivity contribution is 6.76. The number of hydrogen-bond acceptors (Lipinski definition) is 4. The van der Waals surface area contributed by atoms with Crippen molar-refractivity contribution in [2.45, 2.75) is 32.4 Å². The lowest BCUT2D eigenvalue weighted by atomic mass is 10.0. The summed E-state index contributed by atoms with van der Waals surface area (Å²) in [5.41, 5.74) is 2.35. The topological polar surface area (TPSA) is 57.0 Å². The molecular weight excluding hydrogens is 330 g/mol. The highest BCUT2D eigenvalue weighted by Crippen LogP contribution is 2.24. The third kappa shape index (κ3) is 4.21. The van der Waals surface area contributed by atoms with Crippen LogP contribution >= 0.6 is 0 Å². The van der Waals surface area contributed by atoms with E-state index in [-0.39, 0.29) is 12.3 Å². The maximum absolute atomic E-state index is 12.9. The molecule has 0 aliphatic heterocycles. The monoisotopic (exact) mass is 353 g/mol. The largest absolute Gasteiger partial charge is 0.361 e. The highest BCUT2D eigenvalue weighted by atomic mass is 28.3. The molecule has 0 spiro atoms. The van der Waals surface area contributed by atoms with Crippen molar-refractivity contribution in [3.8, 4) is 11.1 Å². The standard InChI is InChI=1S/C19H23N3O2Si/c1-25(2,3)11-10-24-14-22-13-21-17-8-4-7-16(18(17)19(22)23)15-6-5-9-20-12-15/h4-9,12-13H,10-11,14H2,1-3H3. The average molecular weight is 353 g/mol. The predicted molar refractivity (Wildman–Crippen MR) is 103 cm³/mol. The molecule has 0 saturated carbocycles. The van der Waals surface area contributed by atoms with Crippen LogP contribution in [-0.4, -0.2) is 29.2 Å². The smallest absolute Gasteiger partial charge is 0.263 e. The molecule has 0 aliphatic rings. The molecular formula is C19H23N3O2Si. The van der Waals surface area contributed by atoms with Gasteiger partial charge in [0, 0.05) is 32.6 Å². The van der Waals surface area contributed by atoms with Crippen LogP contribution in [0.4, 0.5) is 0 Å². The quantitative estimate of drug-likeness (QED) is 0.500. The number of aromatic nitrogens is 3. The number of fused-ring (bicyclic) bond motifs is 1. The predicted octanol–water partition coefficient (Wildman–Crippen LogP) is 3.77. The van der Waals surface area contributed by atoms with Crippen LogP contribution in [-0.2, 0) is 11.5 Å². The lowest BCUT2D eigenvalue weighted by Gasteiger charge is -2.16. The molecule has 0 fully saturated rings. The molecule has 1 aromatic carbocycles. The number of rotatable bonds is 6. The van der Waals surface area contributed by atoms with E-state index in [2.05, 4.69) is 29.6 Å². The third-order valence-electron chi connectivity index (χ3n) is 4.05. The minimum absolute atomic E-state index is 0.0857. The van der Waals surface area contributed by atoms with Gasteiger partial charge in [-0.05, 0) is 23.7 Å². The van der Waals surface area contributed by atoms with Crippen LogP contribution < -0.4 is 5.56 Å². The molecule has 130 valence electrons. The number of hydrogen-bond donors (Lipinski definition) is 0. The Morgan fingerprint density at radius 1 is 1.16 bits per heavy atom. The molecule has 0 bridgehead atoms. The highest BCUT2D eigenvalue weighted by Gasteiger charge is 2.13. The molecule has 2 heterocycles. The third-order valence-corrected chi connectivity index (χ3v) is 5.76. The second kappa shape index (κ2) is 7.29. The first-order valence-electron chi connectivity index (χ1n) is 8.42. The number of pyridine rings is 1. The van der Waals surface area contributed by atoms with Gasteiger partial charge in [-0.15, -0.1) is 0 Å². The summed E-state index contributed by atoms with van der Waals surface area (Å²) in [7, 11) is -1.14. The summed E-state index contributed by atoms with van der Waals surface area (Å²) in [6.45, 7) is 7.82. The Hall–Kier alpha value is -2.31. The van der Waals surface area contributed by atoms with E-state index in [9.17, 15) is 4.79 Å². The summed E-state index contributed by atoms with van der Waals surface area (Å²) in [5, 5.41) is 0.604. The average Bonchev–Trinajstić information content (AvgIpc) is 2.60. The zero-order chi connectivity index (χ0) is 17.9. The summed E-state index contributed by atoms with van der Waals surface area (Å²) < 4.78 is 7.25. The van der Waals surface area contributed by atoms with Crippen LogP contribution in [0.25, 0.3) is 22.0 Å². The SMILES string of the molecule is C[Si](C)(C)CCOCn1cnc2cccc(-c3cccnc3)c2c1=O. The normalized spacial score (nSPS) is 11.8. The van der Waals surface area contributed by atoms with E-state index in [0.717, 1.165) is 17.2 Å². The lowest BCUT2D eigenvalue weighted by molar-refractivity contribution is 0.0844. The van der Waals surface area contributed by atoms with Gasteiger partial charge in [-0.25, -0.2) is 4.98 Å². The molecule has 25 heavy (non-hydrogen) atoms. The van der Waals surface area contributed by atoms with Gasteiger partial charge in [-0.3, -0.25) is 14.3 Å². The van der Waals surface area contributed by atoms with E-state index in [0.29, 0.717) is 17.5 Å². The van der Waals surface area contributed by atoms with Crippen LogP contribution in [0, 0.1) is 0 Å². The van der Waals surface area contributed by atoms with Crippen LogP contribution in [0.2, 0.25) is 25.7 Å². The van der Waals surface area contributed by atoms with Crippen molar-refractivity contribution in [1.82, 2.24) is 14.5 Å².